The Kier molecular flexibility index (Phi) is 40.3. The molecular weight excluding hydrogens is 2720 g/mol. The van der Waals surface area contributed by atoms with Gasteiger partial charge in [-0.1, -0.05) is 99.6 Å². The molecule has 10 aromatic heterocycles. The third-order valence-corrected chi connectivity index (χ3v) is 23.8. The molecule has 30 heteroatoms. The Morgan fingerprint density at radius 2 is 0.772 bits per heavy atom. The van der Waals surface area contributed by atoms with Crippen molar-refractivity contribution in [1.82, 2.24) is 73.1 Å². The van der Waals surface area contributed by atoms with Crippen LogP contribution in [0.1, 0.15) is 198 Å². The topological polar surface area (TPSA) is 293 Å². The first kappa shape index (κ1) is 115. The molecule has 0 aliphatic carbocycles. The molecule has 0 saturated heterocycles. The average Bonchev–Trinajstić information content (AvgIpc) is 1.73. The number of aryl methyl sites for hydroxylation is 3. The standard InChI is InChI=1S/C27H25N3O.C25H21N3O2.C23H19N3O.C21H23N4O2.C19H18N3O3.5Pt/c1-26(2,21-13-8-14-22(19-21)27(3,4)30-18-10-17-28-30)24-16-9-15-23(29-24)25(31)20-11-6-5-7-12-20;1-25(2,19-12-9-13-20(16-19)30-22-14-7-8-15-26-22)24-27-21(17-28(24)3)23(29)18-10-5-4-6-11-18;1-23(2,18-9-6-10-19(17-18)26-16-8-15-24-26)21-13-7-14-22(25-21)27-20-11-4-3-5-12-20;1-21(2,20-23-18(19(26)27)13-25(20)5)15-8-6-7-14(11-15)17-12-16(24(3)4)9-10-22-17;1-19(2,18-21-15(17(23)24)12-22(18)3)13-7-6-8-14(11-13)25-16-9-4-5-10-20-16;;;;;/h5-11,13-18H,1-4H3;4-10,12-15,17H,1-3H3;3-11,13-16H,1-2H3;6-10,12-13H,1-5H3,(H,26,27);4-10,12H,1-3H3,(H,23,24);;;;;/q3*-2;2*-1;;;3*+2. The fourth-order valence-corrected chi connectivity index (χ4v) is 15.6. The number of hydrogen-bond donors (Lipinski definition) is 2. The first-order valence-electron chi connectivity index (χ1n) is 45.1. The zero-order chi connectivity index (χ0) is 99.7. The second-order valence-electron chi connectivity index (χ2n) is 36.3. The van der Waals surface area contributed by atoms with Crippen LogP contribution >= 0.6 is 0 Å². The maximum atomic E-state index is 12.9. The molecule has 0 spiro atoms. The largest absolute Gasteiger partial charge is 2.00 e. The molecule has 18 aromatic rings. The van der Waals surface area contributed by atoms with E-state index in [1.165, 1.54) is 12.4 Å². The molecule has 2 N–H and O–H groups in total. The van der Waals surface area contributed by atoms with Crippen molar-refractivity contribution in [2.24, 2.45) is 21.1 Å². The van der Waals surface area contributed by atoms with E-state index < -0.39 is 33.6 Å². The van der Waals surface area contributed by atoms with Crippen molar-refractivity contribution < 1.29 is 149 Å². The van der Waals surface area contributed by atoms with E-state index in [-0.39, 0.29) is 139 Å². The van der Waals surface area contributed by atoms with Gasteiger partial charge in [0, 0.05) is 213 Å². The second-order valence-corrected chi connectivity index (χ2v) is 36.3. The number of rotatable bonds is 27. The fourth-order valence-electron chi connectivity index (χ4n) is 15.6. The van der Waals surface area contributed by atoms with Crippen LogP contribution in [0.15, 0.2) is 323 Å². The Labute approximate surface area is 918 Å². The van der Waals surface area contributed by atoms with Crippen LogP contribution in [0.4, 0.5) is 5.69 Å². The minimum absolute atomic E-state index is 0. The number of carbonyl (C=O) groups excluding carboxylic acids is 2. The summed E-state index contributed by atoms with van der Waals surface area (Å²) in [5.41, 5.74) is 10.3. The zero-order valence-corrected chi connectivity index (χ0v) is 93.9. The van der Waals surface area contributed by atoms with Gasteiger partial charge in [-0.3, -0.25) is 14.3 Å². The number of aromatic carboxylic acids is 2. The molecule has 145 heavy (non-hydrogen) atoms. The summed E-state index contributed by atoms with van der Waals surface area (Å²) >= 11 is 0. The summed E-state index contributed by atoms with van der Waals surface area (Å²) in [5.74, 6) is 3.00. The number of para-hydroxylation sites is 1. The molecule has 0 aliphatic heterocycles. The Morgan fingerprint density at radius 3 is 1.25 bits per heavy atom. The number of ether oxygens (including phenoxy) is 3. The predicted octanol–water partition coefficient (Wildman–Crippen LogP) is 21.8. The molecule has 0 saturated carbocycles. The molecule has 0 atom stereocenters. The molecular formula is C115H106N16O9Pt5-2. The molecule has 0 amide bonds. The maximum Gasteiger partial charge on any atom is 2.00 e. The number of hydrogen-bond acceptors (Lipinski definition) is 18. The summed E-state index contributed by atoms with van der Waals surface area (Å²) in [5, 5.41) is 27.1. The molecule has 18 rings (SSSR count). The molecule has 752 valence electrons. The molecule has 0 aliphatic rings. The van der Waals surface area contributed by atoms with Gasteiger partial charge in [0.1, 0.15) is 29.0 Å². The number of benzene rings is 8. The molecule has 25 nitrogen and oxygen atoms in total. The number of pyridine rings is 5. The van der Waals surface area contributed by atoms with Crippen molar-refractivity contribution in [2.45, 2.75) is 116 Å². The number of aromatic nitrogens is 15. The molecule has 8 aromatic carbocycles. The Morgan fingerprint density at radius 1 is 0.352 bits per heavy atom. The van der Waals surface area contributed by atoms with Crippen molar-refractivity contribution in [1.29, 1.82) is 0 Å². The minimum atomic E-state index is -1.05. The average molecular weight is 2830 g/mol. The van der Waals surface area contributed by atoms with E-state index >= 15 is 0 Å². The maximum absolute atomic E-state index is 12.9. The van der Waals surface area contributed by atoms with Gasteiger partial charge in [-0.25, -0.2) is 39.5 Å². The third kappa shape index (κ3) is 28.2. The number of carboxylic acid groups (broad SMARTS) is 2. The fraction of sp³-hybridized carbons (Fsp3) is 0.200. The Hall–Kier alpha value is -13.5. The molecule has 0 bridgehead atoms. The number of carbonyl (C=O) groups is 4. The molecule has 0 radical (unpaired) electrons. The van der Waals surface area contributed by atoms with E-state index in [9.17, 15) is 24.3 Å². The van der Waals surface area contributed by atoms with E-state index in [0.29, 0.717) is 69.1 Å². The van der Waals surface area contributed by atoms with Crippen LogP contribution in [0.2, 0.25) is 0 Å². The summed E-state index contributed by atoms with van der Waals surface area (Å²) < 4.78 is 26.5. The zero-order valence-electron chi connectivity index (χ0n) is 82.6. The minimum Gasteiger partial charge on any atom is -0.476 e. The van der Waals surface area contributed by atoms with Crippen LogP contribution in [0.25, 0.3) is 16.9 Å². The first-order valence-corrected chi connectivity index (χ1v) is 45.1. The van der Waals surface area contributed by atoms with Crippen molar-refractivity contribution in [3.63, 3.8) is 0 Å². The third-order valence-electron chi connectivity index (χ3n) is 23.8. The molecule has 10 heterocycles. The van der Waals surface area contributed by atoms with Crippen LogP contribution in [0.3, 0.4) is 0 Å². The van der Waals surface area contributed by atoms with Crippen molar-refractivity contribution >= 4 is 29.2 Å². The van der Waals surface area contributed by atoms with E-state index in [4.69, 9.17) is 29.3 Å². The first-order chi connectivity index (χ1) is 66.9. The van der Waals surface area contributed by atoms with Gasteiger partial charge in [-0.05, 0) is 73.8 Å². The normalized spacial score (nSPS) is 11.1. The van der Waals surface area contributed by atoms with E-state index in [2.05, 4.69) is 162 Å². The number of anilines is 1. The second kappa shape index (κ2) is 50.8. The van der Waals surface area contributed by atoms with Crippen LogP contribution in [0.5, 0.6) is 34.9 Å². The predicted molar refractivity (Wildman–Crippen MR) is 536 cm³/mol. The molecule has 0 unspecified atom stereocenters. The van der Waals surface area contributed by atoms with E-state index in [0.717, 1.165) is 73.2 Å². The van der Waals surface area contributed by atoms with Gasteiger partial charge in [-0.2, -0.15) is 101 Å². The number of carboxylic acids is 2. The van der Waals surface area contributed by atoms with Gasteiger partial charge >= 0.3 is 75.1 Å². The van der Waals surface area contributed by atoms with Crippen LogP contribution in [0, 0.1) is 48.5 Å². The summed E-state index contributed by atoms with van der Waals surface area (Å²) in [6.45, 7) is 24.8. The Bertz CT molecular complexity index is 7310. The van der Waals surface area contributed by atoms with E-state index in [1.807, 2.05) is 277 Å². The van der Waals surface area contributed by atoms with E-state index in [1.54, 1.807) is 107 Å². The van der Waals surface area contributed by atoms with Crippen LogP contribution < -0.4 is 19.1 Å². The van der Waals surface area contributed by atoms with Gasteiger partial charge in [0.2, 0.25) is 17.6 Å². The molecule has 0 fully saturated rings. The van der Waals surface area contributed by atoms with Gasteiger partial charge in [0.25, 0.3) is 0 Å². The monoisotopic (exact) mass is 2830 g/mol. The van der Waals surface area contributed by atoms with Gasteiger partial charge in [0.15, 0.2) is 11.4 Å². The number of imidazole rings is 3. The summed E-state index contributed by atoms with van der Waals surface area (Å²) in [4.78, 5) is 85.6. The summed E-state index contributed by atoms with van der Waals surface area (Å²) in [6.07, 6.45) is 17.3. The smallest absolute Gasteiger partial charge is 0.476 e. The van der Waals surface area contributed by atoms with Crippen molar-refractivity contribution in [2.75, 3.05) is 19.0 Å². The summed E-state index contributed by atoms with van der Waals surface area (Å²) in [6, 6.07) is 108. The summed E-state index contributed by atoms with van der Waals surface area (Å²) in [7, 11) is 9.46. The number of ketones is 2. The van der Waals surface area contributed by atoms with Crippen LogP contribution in [-0.4, -0.2) is 121 Å². The van der Waals surface area contributed by atoms with Crippen molar-refractivity contribution in [3.8, 4) is 51.8 Å². The van der Waals surface area contributed by atoms with Gasteiger partial charge in [-0.15, -0.1) is 172 Å². The van der Waals surface area contributed by atoms with Gasteiger partial charge in [0.05, 0.1) is 22.6 Å². The quantitative estimate of drug-likeness (QED) is 0.0357. The SMILES string of the molecule is CC(C)(c1[c-]c(-n2cccn2)ccc1)c1cccc(Oc2[c-]cccc2)n1.CC(C)(c1[c-]c(C(C)(C)n2cccn2)ccc1)c1cccc(C(=O)c2[c-]cccc2)n1.CN(C)c1ccnc(-c2[c-]c(C(C)(C)c3nc(C(=O)O)cn3C)ccc2)c1.Cn1cc(C(=O)O)nc1C(C)(C)c1[c-]c(Oc2ccccn2)ccc1.Cn1cc(C(=O)c2[c-]cccc2)nc1C(C)(C)c1[c-]c(Oc2ccccn2)ccc1.[Pt+2].[Pt+2].[Pt+2].[Pt].[Pt]. The Balaban J connectivity index is 0.000000200. The number of nitrogens with zero attached hydrogens (tertiary/aromatic N) is 16. The van der Waals surface area contributed by atoms with Crippen LogP contribution in [-0.2, 0) is 159 Å². The van der Waals surface area contributed by atoms with Crippen molar-refractivity contribution in [3.05, 3.63) is 467 Å². The van der Waals surface area contributed by atoms with Gasteiger partial charge < -0.3 is 57.6 Å².